The summed E-state index contributed by atoms with van der Waals surface area (Å²) in [7, 11) is 0. The second-order valence-corrected chi connectivity index (χ2v) is 5.51. The van der Waals surface area contributed by atoms with Crippen LogP contribution < -0.4 is 5.32 Å². The molecule has 0 aliphatic carbocycles. The summed E-state index contributed by atoms with van der Waals surface area (Å²) in [5.74, 6) is 1.54. The zero-order chi connectivity index (χ0) is 13.5. The van der Waals surface area contributed by atoms with E-state index in [2.05, 4.69) is 29.3 Å². The second-order valence-electron chi connectivity index (χ2n) is 5.51. The highest BCUT2D eigenvalue weighted by Crippen LogP contribution is 2.16. The van der Waals surface area contributed by atoms with Crippen LogP contribution in [0, 0.1) is 0 Å². The van der Waals surface area contributed by atoms with Gasteiger partial charge in [-0.15, -0.1) is 0 Å². The summed E-state index contributed by atoms with van der Waals surface area (Å²) in [6, 6.07) is 0.529. The molecule has 1 unspecified atom stereocenters. The van der Waals surface area contributed by atoms with E-state index in [1.54, 1.807) is 0 Å². The average Bonchev–Trinajstić information content (AvgIpc) is 2.83. The highest BCUT2D eigenvalue weighted by Gasteiger charge is 2.17. The highest BCUT2D eigenvalue weighted by molar-refractivity contribution is 4.89. The molecule has 1 aromatic rings. The van der Waals surface area contributed by atoms with Crippen molar-refractivity contribution in [3.8, 4) is 0 Å². The Balaban J connectivity index is 1.69. The monoisotopic (exact) mass is 267 g/mol. The van der Waals surface area contributed by atoms with Gasteiger partial charge in [-0.1, -0.05) is 19.0 Å². The number of nitrogens with zero attached hydrogens (tertiary/aromatic N) is 2. The van der Waals surface area contributed by atoms with E-state index in [1.807, 2.05) is 0 Å². The van der Waals surface area contributed by atoms with Gasteiger partial charge in [0.25, 0.3) is 0 Å². The van der Waals surface area contributed by atoms with Gasteiger partial charge in [-0.25, -0.2) is 0 Å². The summed E-state index contributed by atoms with van der Waals surface area (Å²) in [6.07, 6.45) is 6.47. The molecule has 1 aliphatic heterocycles. The highest BCUT2D eigenvalue weighted by atomic mass is 16.5. The summed E-state index contributed by atoms with van der Waals surface area (Å²) in [4.78, 5) is 4.44. The Hall–Kier alpha value is -0.940. The molecule has 0 saturated carbocycles. The standard InChI is InChI=1S/C14H25N3O2/c1-11(2)15-8-5-7-14-16-13(17-19-14)10-12-6-3-4-9-18-12/h11-12,15H,3-10H2,1-2H3. The SMILES string of the molecule is CC(C)NCCCc1nc(CC2CCCCO2)no1. The Labute approximate surface area is 115 Å². The minimum absolute atomic E-state index is 0.279. The zero-order valence-electron chi connectivity index (χ0n) is 12.0. The molecule has 1 atom stereocenters. The van der Waals surface area contributed by atoms with Crippen molar-refractivity contribution in [1.29, 1.82) is 0 Å². The maximum Gasteiger partial charge on any atom is 0.226 e. The second kappa shape index (κ2) is 7.60. The summed E-state index contributed by atoms with van der Waals surface area (Å²) in [5, 5.41) is 7.42. The van der Waals surface area contributed by atoms with Crippen LogP contribution in [0.1, 0.15) is 51.2 Å². The maximum atomic E-state index is 5.68. The Bertz CT molecular complexity index is 359. The third-order valence-corrected chi connectivity index (χ3v) is 3.31. The van der Waals surface area contributed by atoms with Gasteiger partial charge in [0.05, 0.1) is 6.10 Å². The van der Waals surface area contributed by atoms with Crippen molar-refractivity contribution < 1.29 is 9.26 Å². The van der Waals surface area contributed by atoms with Crippen LogP contribution >= 0.6 is 0 Å². The summed E-state index contributed by atoms with van der Waals surface area (Å²) >= 11 is 0. The van der Waals surface area contributed by atoms with E-state index in [9.17, 15) is 0 Å². The molecule has 0 amide bonds. The molecule has 0 spiro atoms. The van der Waals surface area contributed by atoms with Gasteiger partial charge in [0.2, 0.25) is 5.89 Å². The van der Waals surface area contributed by atoms with E-state index >= 15 is 0 Å². The summed E-state index contributed by atoms with van der Waals surface area (Å²) in [6.45, 7) is 6.15. The van der Waals surface area contributed by atoms with Crippen LogP contribution in [-0.4, -0.2) is 35.4 Å². The molecule has 2 rings (SSSR count). The predicted molar refractivity (Wildman–Crippen MR) is 73.1 cm³/mol. The van der Waals surface area contributed by atoms with E-state index in [4.69, 9.17) is 9.26 Å². The third-order valence-electron chi connectivity index (χ3n) is 3.31. The first-order chi connectivity index (χ1) is 9.24. The van der Waals surface area contributed by atoms with Crippen molar-refractivity contribution in [3.63, 3.8) is 0 Å². The van der Waals surface area contributed by atoms with E-state index in [0.717, 1.165) is 50.6 Å². The molecule has 108 valence electrons. The molecule has 0 aromatic carbocycles. The molecular weight excluding hydrogens is 242 g/mol. The van der Waals surface area contributed by atoms with E-state index in [0.29, 0.717) is 6.04 Å². The molecule has 1 aliphatic rings. The van der Waals surface area contributed by atoms with Gasteiger partial charge in [0.15, 0.2) is 5.82 Å². The third kappa shape index (κ3) is 5.28. The van der Waals surface area contributed by atoms with Crippen LogP contribution in [0.3, 0.4) is 0 Å². The molecule has 0 bridgehead atoms. The van der Waals surface area contributed by atoms with Gasteiger partial charge in [0.1, 0.15) is 0 Å². The maximum absolute atomic E-state index is 5.68. The van der Waals surface area contributed by atoms with Crippen LogP contribution in [0.25, 0.3) is 0 Å². The van der Waals surface area contributed by atoms with E-state index < -0.39 is 0 Å². The van der Waals surface area contributed by atoms with Gasteiger partial charge in [-0.2, -0.15) is 4.98 Å². The minimum atomic E-state index is 0.279. The lowest BCUT2D eigenvalue weighted by atomic mass is 10.1. The van der Waals surface area contributed by atoms with Crippen molar-refractivity contribution in [2.45, 2.75) is 64.5 Å². The molecule has 1 aromatic heterocycles. The van der Waals surface area contributed by atoms with Gasteiger partial charge in [-0.3, -0.25) is 0 Å². The van der Waals surface area contributed by atoms with Crippen LogP contribution in [0.5, 0.6) is 0 Å². The zero-order valence-corrected chi connectivity index (χ0v) is 12.0. The number of hydrogen-bond donors (Lipinski definition) is 1. The van der Waals surface area contributed by atoms with Crippen LogP contribution in [0.15, 0.2) is 4.52 Å². The first kappa shape index (κ1) is 14.5. The first-order valence-electron chi connectivity index (χ1n) is 7.40. The van der Waals surface area contributed by atoms with Crippen LogP contribution in [-0.2, 0) is 17.6 Å². The molecule has 1 fully saturated rings. The first-order valence-corrected chi connectivity index (χ1v) is 7.40. The van der Waals surface area contributed by atoms with Crippen molar-refractivity contribution in [3.05, 3.63) is 11.7 Å². The number of ether oxygens (including phenoxy) is 1. The molecule has 19 heavy (non-hydrogen) atoms. The van der Waals surface area contributed by atoms with E-state index in [-0.39, 0.29) is 6.10 Å². The average molecular weight is 267 g/mol. The topological polar surface area (TPSA) is 60.2 Å². The lowest BCUT2D eigenvalue weighted by molar-refractivity contribution is 0.0153. The van der Waals surface area contributed by atoms with Crippen molar-refractivity contribution in [1.82, 2.24) is 15.5 Å². The Morgan fingerprint density at radius 3 is 3.00 bits per heavy atom. The number of aromatic nitrogens is 2. The van der Waals surface area contributed by atoms with Gasteiger partial charge in [0, 0.05) is 25.5 Å². The summed E-state index contributed by atoms with van der Waals surface area (Å²) < 4.78 is 11.0. The molecule has 1 N–H and O–H groups in total. The molecule has 5 heteroatoms. The number of rotatable bonds is 7. The summed E-state index contributed by atoms with van der Waals surface area (Å²) in [5.41, 5.74) is 0. The van der Waals surface area contributed by atoms with Crippen LogP contribution in [0.4, 0.5) is 0 Å². The van der Waals surface area contributed by atoms with Gasteiger partial charge in [-0.05, 0) is 32.2 Å². The number of aryl methyl sites for hydroxylation is 1. The van der Waals surface area contributed by atoms with Gasteiger partial charge >= 0.3 is 0 Å². The fourth-order valence-electron chi connectivity index (χ4n) is 2.28. The van der Waals surface area contributed by atoms with Crippen LogP contribution in [0.2, 0.25) is 0 Å². The van der Waals surface area contributed by atoms with Crippen molar-refractivity contribution in [2.24, 2.45) is 0 Å². The largest absolute Gasteiger partial charge is 0.378 e. The molecule has 0 radical (unpaired) electrons. The molecule has 1 saturated heterocycles. The lowest BCUT2D eigenvalue weighted by Gasteiger charge is -2.20. The lowest BCUT2D eigenvalue weighted by Crippen LogP contribution is -2.24. The molecule has 5 nitrogen and oxygen atoms in total. The number of hydrogen-bond acceptors (Lipinski definition) is 5. The normalized spacial score (nSPS) is 20.1. The Morgan fingerprint density at radius 2 is 2.26 bits per heavy atom. The Kier molecular flexibility index (Phi) is 5.79. The predicted octanol–water partition coefficient (Wildman–Crippen LogP) is 2.11. The molecule has 2 heterocycles. The van der Waals surface area contributed by atoms with Crippen molar-refractivity contribution >= 4 is 0 Å². The molecular formula is C14H25N3O2. The minimum Gasteiger partial charge on any atom is -0.378 e. The quantitative estimate of drug-likeness (QED) is 0.767. The fraction of sp³-hybridized carbons (Fsp3) is 0.857. The van der Waals surface area contributed by atoms with E-state index in [1.165, 1.54) is 12.8 Å². The van der Waals surface area contributed by atoms with Crippen molar-refractivity contribution in [2.75, 3.05) is 13.2 Å². The Morgan fingerprint density at radius 1 is 1.37 bits per heavy atom. The van der Waals surface area contributed by atoms with Gasteiger partial charge < -0.3 is 14.6 Å². The smallest absolute Gasteiger partial charge is 0.226 e. The fourth-order valence-corrected chi connectivity index (χ4v) is 2.28. The number of nitrogens with one attached hydrogen (secondary N) is 1.